The molecular formula is C13H11BrN2O5S. The number of imide groups is 1. The number of halogens is 1. The Hall–Kier alpha value is -1.87. The maximum Gasteiger partial charge on any atom is 0.312 e. The molecule has 1 saturated heterocycles. The van der Waals surface area contributed by atoms with Crippen LogP contribution in [0.15, 0.2) is 21.5 Å². The molecule has 22 heavy (non-hydrogen) atoms. The van der Waals surface area contributed by atoms with Crippen LogP contribution in [0.25, 0.3) is 6.08 Å². The maximum atomic E-state index is 12.1. The first-order chi connectivity index (χ1) is 10.3. The van der Waals surface area contributed by atoms with Crippen molar-refractivity contribution in [3.05, 3.63) is 37.2 Å². The minimum Gasteiger partial charge on any atom is -0.501 e. The smallest absolute Gasteiger partial charge is 0.312 e. The zero-order valence-electron chi connectivity index (χ0n) is 11.4. The van der Waals surface area contributed by atoms with Crippen molar-refractivity contribution < 1.29 is 19.6 Å². The first kappa shape index (κ1) is 16.5. The summed E-state index contributed by atoms with van der Waals surface area (Å²) in [6.45, 7) is 2.19. The zero-order chi connectivity index (χ0) is 16.4. The number of benzene rings is 1. The number of phenolic OH excluding ortho intramolecular Hbond substituents is 1. The van der Waals surface area contributed by atoms with Crippen LogP contribution in [0.1, 0.15) is 18.9 Å². The fraction of sp³-hybridized carbons (Fsp3) is 0.231. The minimum absolute atomic E-state index is 0.140. The number of carbonyl (C=O) groups excluding carboxylic acids is 2. The van der Waals surface area contributed by atoms with Gasteiger partial charge >= 0.3 is 5.69 Å². The number of aromatic hydroxyl groups is 1. The van der Waals surface area contributed by atoms with Crippen LogP contribution < -0.4 is 0 Å². The molecule has 0 unspecified atom stereocenters. The molecule has 7 nitrogen and oxygen atoms in total. The highest BCUT2D eigenvalue weighted by atomic mass is 79.9. The van der Waals surface area contributed by atoms with Crippen molar-refractivity contribution >= 4 is 50.6 Å². The van der Waals surface area contributed by atoms with Gasteiger partial charge in [-0.2, -0.15) is 0 Å². The Morgan fingerprint density at radius 1 is 1.45 bits per heavy atom. The number of nitro benzene ring substituents is 1. The lowest BCUT2D eigenvalue weighted by atomic mass is 10.1. The predicted molar refractivity (Wildman–Crippen MR) is 85.4 cm³/mol. The van der Waals surface area contributed by atoms with E-state index in [1.165, 1.54) is 12.1 Å². The van der Waals surface area contributed by atoms with Gasteiger partial charge in [-0.15, -0.1) is 0 Å². The van der Waals surface area contributed by atoms with E-state index in [4.69, 9.17) is 0 Å². The Morgan fingerprint density at radius 2 is 2.14 bits per heavy atom. The van der Waals surface area contributed by atoms with Gasteiger partial charge in [-0.05, 0) is 51.8 Å². The molecule has 0 spiro atoms. The summed E-state index contributed by atoms with van der Waals surface area (Å²) >= 11 is 3.82. The summed E-state index contributed by atoms with van der Waals surface area (Å²) in [7, 11) is 0. The number of hydrogen-bond donors (Lipinski definition) is 1. The molecule has 2 amide bonds. The van der Waals surface area contributed by atoms with Gasteiger partial charge in [-0.3, -0.25) is 24.6 Å². The van der Waals surface area contributed by atoms with Crippen LogP contribution in [0.3, 0.4) is 0 Å². The average molecular weight is 387 g/mol. The van der Waals surface area contributed by atoms with Gasteiger partial charge in [-0.1, -0.05) is 6.92 Å². The third-order valence-corrected chi connectivity index (χ3v) is 4.39. The first-order valence-electron chi connectivity index (χ1n) is 6.27. The summed E-state index contributed by atoms with van der Waals surface area (Å²) in [5, 5.41) is 20.1. The van der Waals surface area contributed by atoms with Crippen LogP contribution in [0, 0.1) is 10.1 Å². The summed E-state index contributed by atoms with van der Waals surface area (Å²) in [6.07, 6.45) is 2.05. The standard InChI is InChI=1S/C13H11BrN2O5S/c1-2-3-15-12(18)10(22-13(15)19)6-7-4-8(14)11(17)9(5-7)16(20)21/h4-6,17H,2-3H2,1H3/b10-6+. The number of nitrogens with zero attached hydrogens (tertiary/aromatic N) is 2. The van der Waals surface area contributed by atoms with Crippen LogP contribution in [0.5, 0.6) is 5.75 Å². The normalized spacial score (nSPS) is 16.6. The number of hydrogen-bond acceptors (Lipinski definition) is 6. The van der Waals surface area contributed by atoms with E-state index >= 15 is 0 Å². The van der Waals surface area contributed by atoms with Gasteiger partial charge in [0.25, 0.3) is 11.1 Å². The van der Waals surface area contributed by atoms with Gasteiger partial charge in [0.15, 0.2) is 0 Å². The lowest BCUT2D eigenvalue weighted by molar-refractivity contribution is -0.386. The zero-order valence-corrected chi connectivity index (χ0v) is 13.8. The van der Waals surface area contributed by atoms with E-state index in [9.17, 15) is 24.8 Å². The van der Waals surface area contributed by atoms with Gasteiger partial charge in [0.05, 0.1) is 14.3 Å². The molecule has 1 aromatic rings. The number of nitro groups is 1. The number of rotatable bonds is 4. The fourth-order valence-electron chi connectivity index (χ4n) is 1.90. The molecule has 1 aliphatic rings. The second-order valence-corrected chi connectivity index (χ2v) is 6.31. The Bertz CT molecular complexity index is 704. The highest BCUT2D eigenvalue weighted by Gasteiger charge is 2.34. The van der Waals surface area contributed by atoms with E-state index in [1.54, 1.807) is 0 Å². The lowest BCUT2D eigenvalue weighted by Crippen LogP contribution is -2.28. The molecule has 0 radical (unpaired) electrons. The largest absolute Gasteiger partial charge is 0.501 e. The molecule has 0 aromatic heterocycles. The molecule has 2 rings (SSSR count). The summed E-state index contributed by atoms with van der Waals surface area (Å²) in [6, 6.07) is 2.59. The highest BCUT2D eigenvalue weighted by Crippen LogP contribution is 2.37. The summed E-state index contributed by atoms with van der Waals surface area (Å²) < 4.78 is 0.140. The molecule has 0 saturated carbocycles. The third kappa shape index (κ3) is 3.14. The molecule has 116 valence electrons. The van der Waals surface area contributed by atoms with E-state index in [0.29, 0.717) is 18.5 Å². The van der Waals surface area contributed by atoms with Crippen molar-refractivity contribution in [3.63, 3.8) is 0 Å². The first-order valence-corrected chi connectivity index (χ1v) is 7.88. The second-order valence-electron chi connectivity index (χ2n) is 4.46. The third-order valence-electron chi connectivity index (χ3n) is 2.88. The lowest BCUT2D eigenvalue weighted by Gasteiger charge is -2.09. The molecule has 1 aliphatic heterocycles. The second kappa shape index (κ2) is 6.49. The molecular weight excluding hydrogens is 376 g/mol. The maximum absolute atomic E-state index is 12.1. The van der Waals surface area contributed by atoms with Gasteiger partial charge < -0.3 is 5.11 Å². The molecule has 1 aromatic carbocycles. The van der Waals surface area contributed by atoms with E-state index < -0.39 is 22.3 Å². The highest BCUT2D eigenvalue weighted by molar-refractivity contribution is 9.10. The predicted octanol–water partition coefficient (Wildman–Crippen LogP) is 3.51. The van der Waals surface area contributed by atoms with Crippen molar-refractivity contribution in [2.45, 2.75) is 13.3 Å². The van der Waals surface area contributed by atoms with Crippen molar-refractivity contribution in [2.24, 2.45) is 0 Å². The number of thioether (sulfide) groups is 1. The van der Waals surface area contributed by atoms with Gasteiger partial charge in [0.1, 0.15) is 0 Å². The van der Waals surface area contributed by atoms with Crippen LogP contribution >= 0.6 is 27.7 Å². The molecule has 0 atom stereocenters. The molecule has 0 aliphatic carbocycles. The van der Waals surface area contributed by atoms with E-state index in [-0.39, 0.29) is 14.6 Å². The van der Waals surface area contributed by atoms with E-state index in [1.807, 2.05) is 6.92 Å². The van der Waals surface area contributed by atoms with Crippen molar-refractivity contribution in [3.8, 4) is 5.75 Å². The van der Waals surface area contributed by atoms with Crippen molar-refractivity contribution in [2.75, 3.05) is 6.54 Å². The molecule has 1 fully saturated rings. The summed E-state index contributed by atoms with van der Waals surface area (Å²) in [5.74, 6) is -0.898. The summed E-state index contributed by atoms with van der Waals surface area (Å²) in [4.78, 5) is 35.3. The van der Waals surface area contributed by atoms with Crippen LogP contribution in [-0.4, -0.2) is 32.6 Å². The van der Waals surface area contributed by atoms with Crippen LogP contribution in [0.2, 0.25) is 0 Å². The van der Waals surface area contributed by atoms with Gasteiger partial charge in [-0.25, -0.2) is 0 Å². The van der Waals surface area contributed by atoms with Crippen molar-refractivity contribution in [1.82, 2.24) is 4.90 Å². The fourth-order valence-corrected chi connectivity index (χ4v) is 3.23. The SMILES string of the molecule is CCCN1C(=O)S/C(=C/c2cc(Br)c(O)c([N+](=O)[O-])c2)C1=O. The van der Waals surface area contributed by atoms with Crippen LogP contribution in [0.4, 0.5) is 10.5 Å². The van der Waals surface area contributed by atoms with Gasteiger partial charge in [0.2, 0.25) is 5.75 Å². The Morgan fingerprint density at radius 3 is 2.73 bits per heavy atom. The Labute approximate surface area is 138 Å². The molecule has 0 bridgehead atoms. The molecule has 1 N–H and O–H groups in total. The number of phenols is 1. The topological polar surface area (TPSA) is 101 Å². The van der Waals surface area contributed by atoms with Gasteiger partial charge in [0, 0.05) is 12.6 Å². The Balaban J connectivity index is 2.40. The number of carbonyl (C=O) groups is 2. The monoisotopic (exact) mass is 386 g/mol. The van der Waals surface area contributed by atoms with Crippen LogP contribution in [-0.2, 0) is 4.79 Å². The minimum atomic E-state index is -0.722. The summed E-state index contributed by atoms with van der Waals surface area (Å²) in [5.41, 5.74) is -0.133. The molecule has 1 heterocycles. The van der Waals surface area contributed by atoms with Crippen molar-refractivity contribution in [1.29, 1.82) is 0 Å². The average Bonchev–Trinajstić information content (AvgIpc) is 2.70. The van der Waals surface area contributed by atoms with E-state index in [0.717, 1.165) is 22.7 Å². The van der Waals surface area contributed by atoms with E-state index in [2.05, 4.69) is 15.9 Å². The Kier molecular flexibility index (Phi) is 4.87. The molecule has 9 heteroatoms. The number of amides is 2. The quantitative estimate of drug-likeness (QED) is 0.482.